The molecule has 194 valence electrons. The van der Waals surface area contributed by atoms with Crippen LogP contribution in [0.15, 0.2) is 54.6 Å². The minimum atomic E-state index is -1.08. The van der Waals surface area contributed by atoms with Crippen molar-refractivity contribution in [3.8, 4) is 5.75 Å². The van der Waals surface area contributed by atoms with Crippen molar-refractivity contribution in [1.29, 1.82) is 0 Å². The molecular formula is C29H38N2O5. The lowest BCUT2D eigenvalue weighted by Gasteiger charge is -2.31. The maximum Gasteiger partial charge on any atom is 0.326 e. The van der Waals surface area contributed by atoms with Gasteiger partial charge in [0.2, 0.25) is 11.8 Å². The number of ether oxygens (including phenoxy) is 1. The molecule has 0 heterocycles. The molecule has 0 aromatic heterocycles. The van der Waals surface area contributed by atoms with E-state index >= 15 is 0 Å². The van der Waals surface area contributed by atoms with Crippen molar-refractivity contribution in [3.63, 3.8) is 0 Å². The number of aliphatic carboxylic acids is 1. The zero-order valence-electron chi connectivity index (χ0n) is 21.1. The third-order valence-electron chi connectivity index (χ3n) is 6.90. The number of amides is 2. The SMILES string of the molecule is COc1ccc(CCCCC(=O)NC(C(=O)NC(Cc2ccccc2)C(=O)O)C2CCCCC2)cc1. The number of unbranched alkanes of at least 4 members (excludes halogenated alkanes) is 1. The summed E-state index contributed by atoms with van der Waals surface area (Å²) in [4.78, 5) is 37.9. The maximum absolute atomic E-state index is 13.3. The van der Waals surface area contributed by atoms with E-state index in [0.717, 1.165) is 56.3 Å². The van der Waals surface area contributed by atoms with Crippen molar-refractivity contribution < 1.29 is 24.2 Å². The summed E-state index contributed by atoms with van der Waals surface area (Å²) in [7, 11) is 1.64. The molecule has 0 spiro atoms. The van der Waals surface area contributed by atoms with E-state index < -0.39 is 24.0 Å². The second kappa shape index (κ2) is 14.3. The summed E-state index contributed by atoms with van der Waals surface area (Å²) in [6, 6.07) is 15.4. The van der Waals surface area contributed by atoms with Crippen LogP contribution in [0, 0.1) is 5.92 Å². The first kappa shape index (κ1) is 27.2. The third kappa shape index (κ3) is 8.70. The fourth-order valence-electron chi connectivity index (χ4n) is 4.83. The van der Waals surface area contributed by atoms with Gasteiger partial charge in [0, 0.05) is 12.8 Å². The third-order valence-corrected chi connectivity index (χ3v) is 6.90. The van der Waals surface area contributed by atoms with Gasteiger partial charge in [0.05, 0.1) is 7.11 Å². The number of carbonyl (C=O) groups excluding carboxylic acids is 2. The number of aryl methyl sites for hydroxylation is 1. The Morgan fingerprint density at radius 2 is 1.61 bits per heavy atom. The van der Waals surface area contributed by atoms with Crippen LogP contribution in [0.2, 0.25) is 0 Å². The predicted octanol–water partition coefficient (Wildman–Crippen LogP) is 4.29. The van der Waals surface area contributed by atoms with Crippen LogP contribution in [-0.2, 0) is 27.2 Å². The minimum Gasteiger partial charge on any atom is -0.497 e. The average Bonchev–Trinajstić information content (AvgIpc) is 2.90. The number of carboxylic acids is 1. The van der Waals surface area contributed by atoms with Gasteiger partial charge in [-0.2, -0.15) is 0 Å². The summed E-state index contributed by atoms with van der Waals surface area (Å²) in [6.07, 6.45) is 7.81. The summed E-state index contributed by atoms with van der Waals surface area (Å²) in [5.74, 6) is -0.811. The molecule has 1 saturated carbocycles. The van der Waals surface area contributed by atoms with Crippen molar-refractivity contribution in [1.82, 2.24) is 10.6 Å². The number of hydrogen-bond acceptors (Lipinski definition) is 4. The van der Waals surface area contributed by atoms with Crippen LogP contribution in [0.25, 0.3) is 0 Å². The topological polar surface area (TPSA) is 105 Å². The quantitative estimate of drug-likeness (QED) is 0.361. The standard InChI is InChI=1S/C29H38N2O5/c1-36-24-18-16-21(17-19-24)10-8-9-15-26(32)31-27(23-13-6-3-7-14-23)28(33)30-25(29(34)35)20-22-11-4-2-5-12-22/h2,4-5,11-12,16-19,23,25,27H,3,6-10,13-15,20H2,1H3,(H,30,33)(H,31,32)(H,34,35). The molecule has 7 nitrogen and oxygen atoms in total. The summed E-state index contributed by atoms with van der Waals surface area (Å²) >= 11 is 0. The first-order valence-corrected chi connectivity index (χ1v) is 13.0. The molecular weight excluding hydrogens is 456 g/mol. The van der Waals surface area contributed by atoms with Gasteiger partial charge in [-0.25, -0.2) is 4.79 Å². The highest BCUT2D eigenvalue weighted by Crippen LogP contribution is 2.27. The van der Waals surface area contributed by atoms with Gasteiger partial charge < -0.3 is 20.5 Å². The van der Waals surface area contributed by atoms with Crippen molar-refractivity contribution >= 4 is 17.8 Å². The van der Waals surface area contributed by atoms with E-state index in [1.54, 1.807) is 7.11 Å². The molecule has 0 aliphatic heterocycles. The molecule has 2 atom stereocenters. The summed E-state index contributed by atoms with van der Waals surface area (Å²) < 4.78 is 5.18. The van der Waals surface area contributed by atoms with Crippen LogP contribution in [0.3, 0.4) is 0 Å². The van der Waals surface area contributed by atoms with E-state index in [9.17, 15) is 19.5 Å². The summed E-state index contributed by atoms with van der Waals surface area (Å²) in [5.41, 5.74) is 2.02. The normalized spacial score (nSPS) is 15.5. The number of methoxy groups -OCH3 is 1. The van der Waals surface area contributed by atoms with Crippen LogP contribution in [0.4, 0.5) is 0 Å². The Morgan fingerprint density at radius 1 is 0.917 bits per heavy atom. The predicted molar refractivity (Wildman–Crippen MR) is 139 cm³/mol. The number of benzene rings is 2. The van der Waals surface area contributed by atoms with E-state index in [4.69, 9.17) is 4.74 Å². The molecule has 0 saturated heterocycles. The van der Waals surface area contributed by atoms with E-state index in [1.165, 1.54) is 5.56 Å². The van der Waals surface area contributed by atoms with Crippen LogP contribution in [0.1, 0.15) is 62.5 Å². The van der Waals surface area contributed by atoms with Gasteiger partial charge in [-0.15, -0.1) is 0 Å². The molecule has 1 aliphatic rings. The van der Waals surface area contributed by atoms with Crippen LogP contribution in [-0.4, -0.2) is 42.1 Å². The number of hydrogen-bond donors (Lipinski definition) is 3. The molecule has 3 rings (SSSR count). The molecule has 2 aromatic rings. The lowest BCUT2D eigenvalue weighted by atomic mass is 9.83. The Hall–Kier alpha value is -3.35. The zero-order valence-corrected chi connectivity index (χ0v) is 21.1. The van der Waals surface area contributed by atoms with Crippen molar-refractivity contribution in [3.05, 3.63) is 65.7 Å². The molecule has 2 aromatic carbocycles. The largest absolute Gasteiger partial charge is 0.497 e. The van der Waals surface area contributed by atoms with Gasteiger partial charge in [-0.05, 0) is 61.3 Å². The van der Waals surface area contributed by atoms with Gasteiger partial charge in [-0.3, -0.25) is 9.59 Å². The Balaban J connectivity index is 1.55. The van der Waals surface area contributed by atoms with Crippen LogP contribution in [0.5, 0.6) is 5.75 Å². The number of nitrogens with one attached hydrogen (secondary N) is 2. The molecule has 3 N–H and O–H groups in total. The molecule has 0 radical (unpaired) electrons. The Morgan fingerprint density at radius 3 is 2.25 bits per heavy atom. The number of carboxylic acid groups (broad SMARTS) is 1. The lowest BCUT2D eigenvalue weighted by Crippen LogP contribution is -2.55. The first-order valence-electron chi connectivity index (χ1n) is 13.0. The highest BCUT2D eigenvalue weighted by atomic mass is 16.5. The lowest BCUT2D eigenvalue weighted by molar-refractivity contribution is -0.142. The molecule has 1 aliphatic carbocycles. The highest BCUT2D eigenvalue weighted by molar-refractivity contribution is 5.90. The van der Waals surface area contributed by atoms with E-state index in [-0.39, 0.29) is 18.2 Å². The van der Waals surface area contributed by atoms with Gasteiger partial charge >= 0.3 is 5.97 Å². The van der Waals surface area contributed by atoms with Gasteiger partial charge in [-0.1, -0.05) is 61.7 Å². The Bertz CT molecular complexity index is 971. The Labute approximate surface area is 213 Å². The Kier molecular flexibility index (Phi) is 10.8. The number of rotatable bonds is 13. The van der Waals surface area contributed by atoms with Crippen LogP contribution < -0.4 is 15.4 Å². The van der Waals surface area contributed by atoms with E-state index in [1.807, 2.05) is 54.6 Å². The van der Waals surface area contributed by atoms with E-state index in [2.05, 4.69) is 10.6 Å². The second-order valence-corrected chi connectivity index (χ2v) is 9.59. The first-order chi connectivity index (χ1) is 17.5. The van der Waals surface area contributed by atoms with Gasteiger partial charge in [0.25, 0.3) is 0 Å². The molecule has 0 bridgehead atoms. The van der Waals surface area contributed by atoms with Gasteiger partial charge in [0.1, 0.15) is 17.8 Å². The second-order valence-electron chi connectivity index (χ2n) is 9.59. The summed E-state index contributed by atoms with van der Waals surface area (Å²) in [5, 5.41) is 15.4. The molecule has 1 fully saturated rings. The zero-order chi connectivity index (χ0) is 25.8. The van der Waals surface area contributed by atoms with E-state index in [0.29, 0.717) is 12.8 Å². The van der Waals surface area contributed by atoms with Crippen molar-refractivity contribution in [2.24, 2.45) is 5.92 Å². The van der Waals surface area contributed by atoms with Crippen LogP contribution >= 0.6 is 0 Å². The van der Waals surface area contributed by atoms with Gasteiger partial charge in [0.15, 0.2) is 0 Å². The molecule has 7 heteroatoms. The monoisotopic (exact) mass is 494 g/mol. The molecule has 36 heavy (non-hydrogen) atoms. The number of carbonyl (C=O) groups is 3. The molecule has 2 unspecified atom stereocenters. The highest BCUT2D eigenvalue weighted by Gasteiger charge is 2.33. The average molecular weight is 495 g/mol. The van der Waals surface area contributed by atoms with Crippen molar-refractivity contribution in [2.75, 3.05) is 7.11 Å². The minimum absolute atomic E-state index is 0.0215. The summed E-state index contributed by atoms with van der Waals surface area (Å²) in [6.45, 7) is 0. The smallest absolute Gasteiger partial charge is 0.326 e. The fourth-order valence-corrected chi connectivity index (χ4v) is 4.83. The maximum atomic E-state index is 13.3. The van der Waals surface area contributed by atoms with Crippen molar-refractivity contribution in [2.45, 2.75) is 76.3 Å². The fraction of sp³-hybridized carbons (Fsp3) is 0.483. The molecule has 2 amide bonds.